The summed E-state index contributed by atoms with van der Waals surface area (Å²) in [4.78, 5) is 54.1. The maximum absolute atomic E-state index is 13.8. The van der Waals surface area contributed by atoms with Crippen LogP contribution >= 0.6 is 0 Å². The van der Waals surface area contributed by atoms with E-state index in [4.69, 9.17) is 4.74 Å². The molecule has 0 fully saturated rings. The molecule has 0 radical (unpaired) electrons. The highest BCUT2D eigenvalue weighted by Gasteiger charge is 2.26. The summed E-state index contributed by atoms with van der Waals surface area (Å²) in [5.41, 5.74) is -0.126. The van der Waals surface area contributed by atoms with Gasteiger partial charge in [-0.05, 0) is 70.2 Å². The van der Waals surface area contributed by atoms with E-state index in [2.05, 4.69) is 13.2 Å². The maximum atomic E-state index is 13.8. The molecule has 0 bridgehead atoms. The molecule has 0 aliphatic heterocycles. The molecule has 208 valence electrons. The first kappa shape index (κ1) is 27.8. The normalized spacial score (nSPS) is 12.2. The largest absolute Gasteiger partial charge is 0.454 e. The number of carbonyl (C=O) groups is 2. The van der Waals surface area contributed by atoms with E-state index in [-0.39, 0.29) is 29.7 Å². The number of aromatic nitrogens is 2. The number of carbonyl (C=O) groups excluding carboxylic acids is 2. The number of para-hydroxylation sites is 2. The Kier molecular flexibility index (Phi) is 6.77. The number of ketones is 1. The molecule has 5 rings (SSSR count). The topological polar surface area (TPSA) is 87.4 Å². The highest BCUT2D eigenvalue weighted by atomic mass is 16.6. The number of rotatable bonds is 8. The van der Waals surface area contributed by atoms with Crippen molar-refractivity contribution in [3.8, 4) is 0 Å². The Morgan fingerprint density at radius 2 is 1.17 bits per heavy atom. The molecule has 0 saturated heterocycles. The molecule has 2 aromatic heterocycles. The van der Waals surface area contributed by atoms with Gasteiger partial charge in [0.25, 0.3) is 0 Å². The van der Waals surface area contributed by atoms with Crippen LogP contribution in [0.3, 0.4) is 0 Å². The van der Waals surface area contributed by atoms with E-state index >= 15 is 0 Å². The molecule has 7 heteroatoms. The lowest BCUT2D eigenvalue weighted by Gasteiger charge is -2.23. The van der Waals surface area contributed by atoms with E-state index in [1.807, 2.05) is 6.07 Å². The Morgan fingerprint density at radius 3 is 1.63 bits per heavy atom. The predicted molar refractivity (Wildman–Crippen MR) is 164 cm³/mol. The third-order valence-corrected chi connectivity index (χ3v) is 7.75. The summed E-state index contributed by atoms with van der Waals surface area (Å²) in [7, 11) is 0. The summed E-state index contributed by atoms with van der Waals surface area (Å²) in [6.45, 7) is 14.4. The molecule has 5 aromatic rings. The smallest absolute Gasteiger partial charge is 0.326 e. The Labute approximate surface area is 237 Å². The fraction of sp³-hybridized carbons (Fsp3) is 0.235. The number of hydrogen-bond acceptors (Lipinski definition) is 5. The third kappa shape index (κ3) is 4.78. The third-order valence-electron chi connectivity index (χ3n) is 7.75. The number of hydrogen-bond donors (Lipinski definition) is 0. The van der Waals surface area contributed by atoms with Gasteiger partial charge in [-0.15, -0.1) is 6.58 Å². The zero-order valence-corrected chi connectivity index (χ0v) is 23.7. The molecule has 0 atom stereocenters. The maximum Gasteiger partial charge on any atom is 0.326 e. The molecule has 0 spiro atoms. The van der Waals surface area contributed by atoms with Crippen molar-refractivity contribution in [2.45, 2.75) is 46.4 Å². The average molecular weight is 549 g/mol. The van der Waals surface area contributed by atoms with E-state index in [9.17, 15) is 19.2 Å². The molecule has 2 heterocycles. The first-order valence-corrected chi connectivity index (χ1v) is 13.4. The lowest BCUT2D eigenvalue weighted by Crippen LogP contribution is -2.28. The van der Waals surface area contributed by atoms with Crippen molar-refractivity contribution >= 4 is 55.4 Å². The summed E-state index contributed by atoms with van der Waals surface area (Å²) in [5.74, 6) is -0.607. The van der Waals surface area contributed by atoms with Crippen LogP contribution in [0.1, 0.15) is 27.7 Å². The van der Waals surface area contributed by atoms with Crippen molar-refractivity contribution in [3.63, 3.8) is 0 Å². The standard InChI is InChI=1S/C34H32N2O5/c1-7-33(3,4)29(37)19-35-25-15-11-9-13-21(25)31(39)23-18-28-24(17-27(23)35)32(40)22-14-10-12-16-26(22)36(28)20-30(38)41-34(5,6)8-2/h7-18H,1-2,19-20H2,3-6H3. The number of fused-ring (bicyclic) bond motifs is 4. The number of allylic oxidation sites excluding steroid dienone is 1. The first-order chi connectivity index (χ1) is 19.4. The van der Waals surface area contributed by atoms with E-state index in [0.29, 0.717) is 43.6 Å². The van der Waals surface area contributed by atoms with Gasteiger partial charge >= 0.3 is 5.97 Å². The van der Waals surface area contributed by atoms with Crippen LogP contribution in [0.4, 0.5) is 0 Å². The number of pyridine rings is 2. The minimum absolute atomic E-state index is 0.0213. The molecule has 0 saturated carbocycles. The lowest BCUT2D eigenvalue weighted by atomic mass is 9.88. The average Bonchev–Trinajstić information content (AvgIpc) is 2.96. The molecule has 3 aromatic carbocycles. The second-order valence-electron chi connectivity index (χ2n) is 11.4. The second-order valence-corrected chi connectivity index (χ2v) is 11.4. The number of benzene rings is 3. The van der Waals surface area contributed by atoms with Crippen molar-refractivity contribution in [1.82, 2.24) is 9.13 Å². The van der Waals surface area contributed by atoms with Crippen LogP contribution in [-0.2, 0) is 27.4 Å². The highest BCUT2D eigenvalue weighted by molar-refractivity contribution is 6.04. The molecule has 0 amide bonds. The molecule has 0 aliphatic carbocycles. The van der Waals surface area contributed by atoms with E-state index in [0.717, 1.165) is 0 Å². The number of nitrogens with zero attached hydrogens (tertiary/aromatic N) is 2. The van der Waals surface area contributed by atoms with E-state index in [1.54, 1.807) is 104 Å². The van der Waals surface area contributed by atoms with Crippen molar-refractivity contribution in [3.05, 3.63) is 106 Å². The van der Waals surface area contributed by atoms with Gasteiger partial charge in [-0.3, -0.25) is 19.2 Å². The van der Waals surface area contributed by atoms with Gasteiger partial charge in [-0.25, -0.2) is 0 Å². The number of esters is 1. The van der Waals surface area contributed by atoms with E-state index < -0.39 is 17.0 Å². The SMILES string of the molecule is C=CC(C)(C)OC(=O)Cn1c2ccccc2c(=O)c2cc3c(cc21)c(=O)c1ccccc1n3CC(=O)C(C)(C)C=C. The van der Waals surface area contributed by atoms with Crippen molar-refractivity contribution in [2.75, 3.05) is 0 Å². The van der Waals surface area contributed by atoms with Gasteiger partial charge in [0.15, 0.2) is 16.6 Å². The molecular weight excluding hydrogens is 516 g/mol. The van der Waals surface area contributed by atoms with Crippen molar-refractivity contribution in [1.29, 1.82) is 0 Å². The van der Waals surface area contributed by atoms with Crippen LogP contribution in [0, 0.1) is 5.41 Å². The van der Waals surface area contributed by atoms with E-state index in [1.165, 1.54) is 0 Å². The van der Waals surface area contributed by atoms with Gasteiger partial charge in [-0.2, -0.15) is 0 Å². The quantitative estimate of drug-likeness (QED) is 0.137. The molecule has 41 heavy (non-hydrogen) atoms. The number of ether oxygens (including phenoxy) is 1. The van der Waals surface area contributed by atoms with Crippen LogP contribution in [0.25, 0.3) is 43.6 Å². The van der Waals surface area contributed by atoms with Crippen LogP contribution in [0.15, 0.2) is 95.6 Å². The summed E-state index contributed by atoms with van der Waals surface area (Å²) in [6, 6.07) is 17.4. The zero-order chi connectivity index (χ0) is 29.7. The summed E-state index contributed by atoms with van der Waals surface area (Å²) in [6.07, 6.45) is 3.15. The minimum Gasteiger partial charge on any atom is -0.454 e. The van der Waals surface area contributed by atoms with Crippen LogP contribution in [0.5, 0.6) is 0 Å². The molecule has 0 unspecified atom stereocenters. The Morgan fingerprint density at radius 1 is 0.707 bits per heavy atom. The van der Waals surface area contributed by atoms with Gasteiger partial charge in [0.2, 0.25) is 0 Å². The van der Waals surface area contributed by atoms with Crippen LogP contribution in [-0.4, -0.2) is 26.5 Å². The minimum atomic E-state index is -0.882. The van der Waals surface area contributed by atoms with Gasteiger partial charge < -0.3 is 13.9 Å². The van der Waals surface area contributed by atoms with Gasteiger partial charge in [-0.1, -0.05) is 36.9 Å². The van der Waals surface area contributed by atoms with Crippen LogP contribution in [0.2, 0.25) is 0 Å². The summed E-state index contributed by atoms with van der Waals surface area (Å²) in [5, 5.41) is 1.54. The lowest BCUT2D eigenvalue weighted by molar-refractivity contribution is -0.153. The summed E-state index contributed by atoms with van der Waals surface area (Å²) < 4.78 is 9.12. The highest BCUT2D eigenvalue weighted by Crippen LogP contribution is 2.28. The molecular formula is C34H32N2O5. The van der Waals surface area contributed by atoms with Gasteiger partial charge in [0.1, 0.15) is 12.1 Å². The molecule has 7 nitrogen and oxygen atoms in total. The molecule has 0 aliphatic rings. The van der Waals surface area contributed by atoms with Crippen molar-refractivity contribution in [2.24, 2.45) is 5.41 Å². The van der Waals surface area contributed by atoms with Gasteiger partial charge in [0.05, 0.1) is 28.6 Å². The second kappa shape index (κ2) is 10.0. The number of Topliss-reactive ketones (excluding diaryl/α,β-unsaturated/α-hetero) is 1. The molecule has 0 N–H and O–H groups in total. The Bertz CT molecular complexity index is 2040. The van der Waals surface area contributed by atoms with Crippen LogP contribution < -0.4 is 10.9 Å². The first-order valence-electron chi connectivity index (χ1n) is 13.4. The fourth-order valence-electron chi connectivity index (χ4n) is 5.04. The predicted octanol–water partition coefficient (Wildman–Crippen LogP) is 5.91. The zero-order valence-electron chi connectivity index (χ0n) is 23.7. The Balaban J connectivity index is 1.88. The van der Waals surface area contributed by atoms with Crippen molar-refractivity contribution < 1.29 is 14.3 Å². The summed E-state index contributed by atoms with van der Waals surface area (Å²) >= 11 is 0. The fourth-order valence-corrected chi connectivity index (χ4v) is 5.04. The monoisotopic (exact) mass is 548 g/mol. The van der Waals surface area contributed by atoms with Gasteiger partial charge in [0, 0.05) is 27.0 Å². The Hall–Kier alpha value is -4.78.